The Morgan fingerprint density at radius 2 is 2.00 bits per heavy atom. The molecule has 110 valence electrons. The number of aromatic nitrogens is 1. The van der Waals surface area contributed by atoms with E-state index in [2.05, 4.69) is 25.6 Å². The monoisotopic (exact) mass is 373 g/mol. The molecule has 0 aliphatic rings. The van der Waals surface area contributed by atoms with Gasteiger partial charge in [-0.2, -0.15) is 0 Å². The molecule has 0 atom stereocenters. The second kappa shape index (κ2) is 5.66. The fraction of sp³-hybridized carbons (Fsp3) is 0. The average Bonchev–Trinajstić information content (AvgIpc) is 2.41. The highest BCUT2D eigenvalue weighted by molar-refractivity contribution is 9.10. The first kappa shape index (κ1) is 15.2. The minimum absolute atomic E-state index is 0.150. The zero-order chi connectivity index (χ0) is 15.6. The van der Waals surface area contributed by atoms with Crippen molar-refractivity contribution in [2.24, 2.45) is 0 Å². The molecule has 0 saturated carbocycles. The summed E-state index contributed by atoms with van der Waals surface area (Å²) in [6.45, 7) is 0. The van der Waals surface area contributed by atoms with Gasteiger partial charge in [0.25, 0.3) is 15.7 Å². The van der Waals surface area contributed by atoms with E-state index in [1.165, 1.54) is 12.3 Å². The standard InChI is InChI=1S/C11H8BrN3O5S/c12-7-3-9(6-13-5-7)21(19,20)14-10-4-8(15(17)18)1-2-11(10)16/h1-6,14,16H. The third kappa shape index (κ3) is 3.47. The van der Waals surface area contributed by atoms with Crippen LogP contribution < -0.4 is 4.72 Å². The first-order valence-corrected chi connectivity index (χ1v) is 7.68. The molecule has 0 fully saturated rings. The number of nitrogens with zero attached hydrogens (tertiary/aromatic N) is 2. The van der Waals surface area contributed by atoms with Gasteiger partial charge in [0.15, 0.2) is 0 Å². The molecule has 0 aliphatic heterocycles. The van der Waals surface area contributed by atoms with Crippen LogP contribution in [0.4, 0.5) is 11.4 Å². The summed E-state index contributed by atoms with van der Waals surface area (Å²) in [7, 11) is -4.03. The number of pyridine rings is 1. The number of phenols is 1. The van der Waals surface area contributed by atoms with Gasteiger partial charge in [-0.3, -0.25) is 19.8 Å². The molecule has 0 saturated heterocycles. The van der Waals surface area contributed by atoms with Gasteiger partial charge in [-0.15, -0.1) is 0 Å². The fourth-order valence-electron chi connectivity index (χ4n) is 1.46. The van der Waals surface area contributed by atoms with Gasteiger partial charge < -0.3 is 5.11 Å². The molecular formula is C11H8BrN3O5S. The van der Waals surface area contributed by atoms with Crippen molar-refractivity contribution < 1.29 is 18.4 Å². The van der Waals surface area contributed by atoms with Crippen LogP contribution in [-0.4, -0.2) is 23.4 Å². The normalized spacial score (nSPS) is 11.1. The van der Waals surface area contributed by atoms with Crippen LogP contribution >= 0.6 is 15.9 Å². The number of non-ortho nitro benzene ring substituents is 1. The lowest BCUT2D eigenvalue weighted by atomic mass is 10.2. The van der Waals surface area contributed by atoms with E-state index in [-0.39, 0.29) is 16.3 Å². The number of nitrogens with one attached hydrogen (secondary N) is 1. The van der Waals surface area contributed by atoms with Crippen molar-refractivity contribution in [3.05, 3.63) is 51.2 Å². The molecule has 0 amide bonds. The van der Waals surface area contributed by atoms with Crippen LogP contribution in [0.5, 0.6) is 5.75 Å². The molecule has 0 unspecified atom stereocenters. The summed E-state index contributed by atoms with van der Waals surface area (Å²) in [4.78, 5) is 13.6. The van der Waals surface area contributed by atoms with Crippen LogP contribution in [-0.2, 0) is 10.0 Å². The number of sulfonamides is 1. The lowest BCUT2D eigenvalue weighted by molar-refractivity contribution is -0.384. The highest BCUT2D eigenvalue weighted by Gasteiger charge is 2.19. The zero-order valence-corrected chi connectivity index (χ0v) is 12.6. The molecule has 1 aromatic heterocycles. The third-order valence-corrected chi connectivity index (χ3v) is 4.19. The van der Waals surface area contributed by atoms with E-state index < -0.39 is 20.7 Å². The maximum atomic E-state index is 12.1. The molecule has 2 aromatic rings. The van der Waals surface area contributed by atoms with Crippen molar-refractivity contribution in [1.29, 1.82) is 0 Å². The Bertz CT molecular complexity index is 809. The minimum atomic E-state index is -4.03. The summed E-state index contributed by atoms with van der Waals surface area (Å²) >= 11 is 3.09. The van der Waals surface area contributed by atoms with Gasteiger partial charge in [-0.05, 0) is 28.1 Å². The predicted molar refractivity (Wildman–Crippen MR) is 77.5 cm³/mol. The van der Waals surface area contributed by atoms with Crippen molar-refractivity contribution in [3.63, 3.8) is 0 Å². The Morgan fingerprint density at radius 3 is 2.62 bits per heavy atom. The Hall–Kier alpha value is -2.20. The lowest BCUT2D eigenvalue weighted by Crippen LogP contribution is -2.13. The van der Waals surface area contributed by atoms with Gasteiger partial charge >= 0.3 is 0 Å². The molecule has 0 spiro atoms. The fourth-order valence-corrected chi connectivity index (χ4v) is 3.03. The Morgan fingerprint density at radius 1 is 1.29 bits per heavy atom. The van der Waals surface area contributed by atoms with Gasteiger partial charge in [0.1, 0.15) is 10.6 Å². The summed E-state index contributed by atoms with van der Waals surface area (Å²) in [6.07, 6.45) is 2.52. The first-order valence-electron chi connectivity index (χ1n) is 5.40. The Balaban J connectivity index is 2.41. The summed E-state index contributed by atoms with van der Waals surface area (Å²) < 4.78 is 26.8. The van der Waals surface area contributed by atoms with E-state index >= 15 is 0 Å². The minimum Gasteiger partial charge on any atom is -0.506 e. The Kier molecular flexibility index (Phi) is 4.09. The molecule has 10 heteroatoms. The number of hydrogen-bond donors (Lipinski definition) is 2. The number of benzene rings is 1. The van der Waals surface area contributed by atoms with E-state index in [1.807, 2.05) is 0 Å². The van der Waals surface area contributed by atoms with Crippen LogP contribution in [0, 0.1) is 10.1 Å². The van der Waals surface area contributed by atoms with E-state index in [0.717, 1.165) is 24.4 Å². The van der Waals surface area contributed by atoms with Crippen molar-refractivity contribution >= 4 is 37.3 Å². The van der Waals surface area contributed by atoms with Crippen molar-refractivity contribution in [2.75, 3.05) is 4.72 Å². The number of nitro groups is 1. The van der Waals surface area contributed by atoms with Crippen molar-refractivity contribution in [3.8, 4) is 5.75 Å². The summed E-state index contributed by atoms with van der Waals surface area (Å²) in [5.41, 5.74) is -0.637. The zero-order valence-electron chi connectivity index (χ0n) is 10.2. The summed E-state index contributed by atoms with van der Waals surface area (Å²) in [6, 6.07) is 4.34. The first-order chi connectivity index (χ1) is 9.79. The maximum absolute atomic E-state index is 12.1. The summed E-state index contributed by atoms with van der Waals surface area (Å²) in [5.74, 6) is -0.424. The van der Waals surface area contributed by atoms with Gasteiger partial charge in [0.2, 0.25) is 0 Å². The number of phenolic OH excluding ortho intramolecular Hbond substituents is 1. The topological polar surface area (TPSA) is 122 Å². The predicted octanol–water partition coefficient (Wildman–Crippen LogP) is 2.26. The number of aromatic hydroxyl groups is 1. The molecular weight excluding hydrogens is 366 g/mol. The van der Waals surface area contributed by atoms with Gasteiger partial charge in [0, 0.05) is 29.0 Å². The maximum Gasteiger partial charge on any atom is 0.271 e. The van der Waals surface area contributed by atoms with Gasteiger partial charge in [-0.1, -0.05) is 0 Å². The number of anilines is 1. The molecule has 0 radical (unpaired) electrons. The molecule has 2 rings (SSSR count). The third-order valence-electron chi connectivity index (χ3n) is 2.43. The highest BCUT2D eigenvalue weighted by atomic mass is 79.9. The van der Waals surface area contributed by atoms with Gasteiger partial charge in [0.05, 0.1) is 10.6 Å². The number of hydrogen-bond acceptors (Lipinski definition) is 6. The van der Waals surface area contributed by atoms with E-state index in [4.69, 9.17) is 0 Å². The smallest absolute Gasteiger partial charge is 0.271 e. The Labute approximate surface area is 127 Å². The van der Waals surface area contributed by atoms with Crippen molar-refractivity contribution in [1.82, 2.24) is 4.98 Å². The second-order valence-electron chi connectivity index (χ2n) is 3.90. The van der Waals surface area contributed by atoms with E-state index in [1.54, 1.807) is 0 Å². The molecule has 1 aromatic carbocycles. The molecule has 0 bridgehead atoms. The number of nitro benzene ring substituents is 1. The number of rotatable bonds is 4. The molecule has 8 nitrogen and oxygen atoms in total. The largest absolute Gasteiger partial charge is 0.506 e. The summed E-state index contributed by atoms with van der Waals surface area (Å²) in [5, 5.41) is 20.3. The van der Waals surface area contributed by atoms with Crippen LogP contribution in [0.1, 0.15) is 0 Å². The molecule has 0 aliphatic carbocycles. The van der Waals surface area contributed by atoms with E-state index in [9.17, 15) is 23.6 Å². The van der Waals surface area contributed by atoms with Crippen molar-refractivity contribution in [2.45, 2.75) is 4.90 Å². The van der Waals surface area contributed by atoms with Crippen LogP contribution in [0.15, 0.2) is 46.0 Å². The van der Waals surface area contributed by atoms with Crippen LogP contribution in [0.2, 0.25) is 0 Å². The molecule has 1 heterocycles. The lowest BCUT2D eigenvalue weighted by Gasteiger charge is -2.09. The average molecular weight is 374 g/mol. The molecule has 21 heavy (non-hydrogen) atoms. The SMILES string of the molecule is O=[N+]([O-])c1ccc(O)c(NS(=O)(=O)c2cncc(Br)c2)c1. The number of halogens is 1. The van der Waals surface area contributed by atoms with Crippen LogP contribution in [0.25, 0.3) is 0 Å². The van der Waals surface area contributed by atoms with E-state index in [0.29, 0.717) is 4.47 Å². The van der Waals surface area contributed by atoms with Crippen LogP contribution in [0.3, 0.4) is 0 Å². The molecule has 2 N–H and O–H groups in total. The second-order valence-corrected chi connectivity index (χ2v) is 6.50. The quantitative estimate of drug-likeness (QED) is 0.481. The van der Waals surface area contributed by atoms with Gasteiger partial charge in [-0.25, -0.2) is 8.42 Å². The highest BCUT2D eigenvalue weighted by Crippen LogP contribution is 2.30.